The SMILES string of the molecule is Cc1ccc(-n2ncc(C(=O)N3CCC4CCC(C3)N4)c2C(C)C)cc1.Cl. The number of rotatable bonds is 3. The Morgan fingerprint density at radius 1 is 1.15 bits per heavy atom. The van der Waals surface area contributed by atoms with Gasteiger partial charge in [0.15, 0.2) is 0 Å². The van der Waals surface area contributed by atoms with Gasteiger partial charge in [-0.2, -0.15) is 5.10 Å². The number of fused-ring (bicyclic) bond motifs is 2. The molecule has 0 spiro atoms. The van der Waals surface area contributed by atoms with Crippen LogP contribution in [0.2, 0.25) is 0 Å². The van der Waals surface area contributed by atoms with Gasteiger partial charge in [-0.15, -0.1) is 12.4 Å². The second kappa shape index (κ2) is 8.03. The molecule has 2 bridgehead atoms. The van der Waals surface area contributed by atoms with E-state index in [1.807, 2.05) is 9.58 Å². The summed E-state index contributed by atoms with van der Waals surface area (Å²) in [4.78, 5) is 15.3. The number of nitrogens with zero attached hydrogens (tertiary/aromatic N) is 3. The molecule has 5 nitrogen and oxygen atoms in total. The van der Waals surface area contributed by atoms with Gasteiger partial charge in [-0.05, 0) is 44.2 Å². The van der Waals surface area contributed by atoms with Gasteiger partial charge in [-0.25, -0.2) is 4.68 Å². The third-order valence-electron chi connectivity index (χ3n) is 5.67. The Hall–Kier alpha value is -1.85. The number of aryl methyl sites for hydroxylation is 1. The quantitative estimate of drug-likeness (QED) is 0.872. The molecule has 1 N–H and O–H groups in total. The van der Waals surface area contributed by atoms with E-state index in [-0.39, 0.29) is 24.2 Å². The average Bonchev–Trinajstić information content (AvgIpc) is 3.18. The minimum Gasteiger partial charge on any atom is -0.337 e. The van der Waals surface area contributed by atoms with Crippen molar-refractivity contribution in [1.82, 2.24) is 20.0 Å². The lowest BCUT2D eigenvalue weighted by Crippen LogP contribution is -2.39. The van der Waals surface area contributed by atoms with E-state index < -0.39 is 0 Å². The number of nitrogens with one attached hydrogen (secondary N) is 1. The molecule has 146 valence electrons. The van der Waals surface area contributed by atoms with Crippen molar-refractivity contribution in [2.45, 2.75) is 58.0 Å². The number of halogens is 1. The summed E-state index contributed by atoms with van der Waals surface area (Å²) in [7, 11) is 0. The summed E-state index contributed by atoms with van der Waals surface area (Å²) >= 11 is 0. The summed E-state index contributed by atoms with van der Waals surface area (Å²) < 4.78 is 1.93. The van der Waals surface area contributed by atoms with Crippen LogP contribution in [-0.2, 0) is 0 Å². The monoisotopic (exact) mass is 388 g/mol. The fourth-order valence-electron chi connectivity index (χ4n) is 4.27. The lowest BCUT2D eigenvalue weighted by molar-refractivity contribution is 0.0746. The van der Waals surface area contributed by atoms with Gasteiger partial charge in [0.1, 0.15) is 0 Å². The number of likely N-dealkylation sites (tertiary alicyclic amines) is 1. The first-order chi connectivity index (χ1) is 12.5. The van der Waals surface area contributed by atoms with Crippen LogP contribution in [0.1, 0.15) is 60.6 Å². The van der Waals surface area contributed by atoms with Crippen LogP contribution in [0.25, 0.3) is 5.69 Å². The molecule has 2 unspecified atom stereocenters. The van der Waals surface area contributed by atoms with Gasteiger partial charge in [0.25, 0.3) is 5.91 Å². The summed E-state index contributed by atoms with van der Waals surface area (Å²) in [6, 6.07) is 9.33. The number of carbonyl (C=O) groups is 1. The molecule has 2 saturated heterocycles. The lowest BCUT2D eigenvalue weighted by atomic mass is 10.0. The van der Waals surface area contributed by atoms with Crippen LogP contribution in [0.3, 0.4) is 0 Å². The number of benzene rings is 1. The lowest BCUT2D eigenvalue weighted by Gasteiger charge is -2.25. The Balaban J connectivity index is 0.00000210. The number of hydrogen-bond acceptors (Lipinski definition) is 3. The molecule has 1 aromatic carbocycles. The van der Waals surface area contributed by atoms with Crippen molar-refractivity contribution in [3.8, 4) is 5.69 Å². The first-order valence-corrected chi connectivity index (χ1v) is 9.73. The number of aromatic nitrogens is 2. The van der Waals surface area contributed by atoms with Gasteiger partial charge >= 0.3 is 0 Å². The van der Waals surface area contributed by atoms with Gasteiger partial charge in [0, 0.05) is 25.2 Å². The number of amides is 1. The van der Waals surface area contributed by atoms with Crippen molar-refractivity contribution in [2.24, 2.45) is 0 Å². The molecule has 4 rings (SSSR count). The zero-order valence-corrected chi connectivity index (χ0v) is 17.1. The molecule has 0 aliphatic carbocycles. The predicted octanol–water partition coefficient (Wildman–Crippen LogP) is 3.69. The first kappa shape index (κ1) is 19.9. The highest BCUT2D eigenvalue weighted by atomic mass is 35.5. The van der Waals surface area contributed by atoms with E-state index in [1.165, 1.54) is 18.4 Å². The highest BCUT2D eigenvalue weighted by Gasteiger charge is 2.33. The Labute approximate surface area is 167 Å². The minimum absolute atomic E-state index is 0. The average molecular weight is 389 g/mol. The van der Waals surface area contributed by atoms with Crippen molar-refractivity contribution in [3.05, 3.63) is 47.3 Å². The maximum atomic E-state index is 13.3. The van der Waals surface area contributed by atoms with E-state index in [2.05, 4.69) is 55.5 Å². The van der Waals surface area contributed by atoms with E-state index in [9.17, 15) is 4.79 Å². The molecular formula is C21H29ClN4O. The molecule has 0 radical (unpaired) electrons. The smallest absolute Gasteiger partial charge is 0.257 e. The largest absolute Gasteiger partial charge is 0.337 e. The Bertz CT molecular complexity index is 799. The Morgan fingerprint density at radius 3 is 2.56 bits per heavy atom. The third-order valence-corrected chi connectivity index (χ3v) is 5.67. The topological polar surface area (TPSA) is 50.2 Å². The molecule has 2 aromatic rings. The zero-order valence-electron chi connectivity index (χ0n) is 16.3. The standard InChI is InChI=1S/C21H28N4O.ClH/c1-14(2)20-19(12-22-25(20)18-8-4-15(3)5-9-18)21(26)24-11-10-16-6-7-17(13-24)23-16;/h4-5,8-9,12,14,16-17,23H,6-7,10-11,13H2,1-3H3;1H. The van der Waals surface area contributed by atoms with Crippen LogP contribution < -0.4 is 5.32 Å². The normalized spacial score (nSPS) is 21.9. The van der Waals surface area contributed by atoms with Crippen molar-refractivity contribution in [3.63, 3.8) is 0 Å². The summed E-state index contributed by atoms with van der Waals surface area (Å²) in [5, 5.41) is 8.23. The van der Waals surface area contributed by atoms with E-state index in [0.29, 0.717) is 12.1 Å². The molecule has 1 amide bonds. The molecule has 2 aliphatic heterocycles. The highest BCUT2D eigenvalue weighted by molar-refractivity contribution is 5.95. The van der Waals surface area contributed by atoms with Crippen LogP contribution in [0.15, 0.2) is 30.5 Å². The van der Waals surface area contributed by atoms with Crippen LogP contribution in [0.4, 0.5) is 0 Å². The van der Waals surface area contributed by atoms with Crippen LogP contribution >= 0.6 is 12.4 Å². The molecule has 1 aromatic heterocycles. The highest BCUT2D eigenvalue weighted by Crippen LogP contribution is 2.26. The van der Waals surface area contributed by atoms with Gasteiger partial charge in [0.2, 0.25) is 0 Å². The van der Waals surface area contributed by atoms with E-state index >= 15 is 0 Å². The van der Waals surface area contributed by atoms with Crippen LogP contribution in [0.5, 0.6) is 0 Å². The molecule has 27 heavy (non-hydrogen) atoms. The number of hydrogen-bond donors (Lipinski definition) is 1. The summed E-state index contributed by atoms with van der Waals surface area (Å²) in [6.07, 6.45) is 5.23. The van der Waals surface area contributed by atoms with Gasteiger partial charge in [-0.3, -0.25) is 4.79 Å². The molecule has 2 fully saturated rings. The van der Waals surface area contributed by atoms with Crippen LogP contribution in [-0.4, -0.2) is 45.8 Å². The summed E-state index contributed by atoms with van der Waals surface area (Å²) in [5.74, 6) is 0.348. The van der Waals surface area contributed by atoms with Crippen molar-refractivity contribution in [1.29, 1.82) is 0 Å². The molecule has 0 saturated carbocycles. The van der Waals surface area contributed by atoms with E-state index in [4.69, 9.17) is 0 Å². The molecule has 2 aliphatic rings. The van der Waals surface area contributed by atoms with Gasteiger partial charge in [-0.1, -0.05) is 31.5 Å². The first-order valence-electron chi connectivity index (χ1n) is 9.73. The fourth-order valence-corrected chi connectivity index (χ4v) is 4.27. The molecular weight excluding hydrogens is 360 g/mol. The van der Waals surface area contributed by atoms with Crippen molar-refractivity contribution >= 4 is 18.3 Å². The Kier molecular flexibility index (Phi) is 5.92. The van der Waals surface area contributed by atoms with E-state index in [1.54, 1.807) is 6.20 Å². The predicted molar refractivity (Wildman–Crippen MR) is 110 cm³/mol. The molecule has 6 heteroatoms. The maximum Gasteiger partial charge on any atom is 0.257 e. The van der Waals surface area contributed by atoms with Crippen molar-refractivity contribution < 1.29 is 4.79 Å². The second-order valence-electron chi connectivity index (χ2n) is 8.02. The van der Waals surface area contributed by atoms with E-state index in [0.717, 1.165) is 36.5 Å². The zero-order chi connectivity index (χ0) is 18.3. The van der Waals surface area contributed by atoms with Crippen molar-refractivity contribution in [2.75, 3.05) is 13.1 Å². The second-order valence-corrected chi connectivity index (χ2v) is 8.02. The molecule has 2 atom stereocenters. The Morgan fingerprint density at radius 2 is 1.85 bits per heavy atom. The summed E-state index contributed by atoms with van der Waals surface area (Å²) in [5.41, 5.74) is 3.98. The van der Waals surface area contributed by atoms with Crippen LogP contribution in [0, 0.1) is 6.92 Å². The number of carbonyl (C=O) groups excluding carboxylic acids is 1. The van der Waals surface area contributed by atoms with Gasteiger partial charge < -0.3 is 10.2 Å². The summed E-state index contributed by atoms with van der Waals surface area (Å²) in [6.45, 7) is 7.98. The fraction of sp³-hybridized carbons (Fsp3) is 0.524. The van der Waals surface area contributed by atoms with Gasteiger partial charge in [0.05, 0.1) is 23.1 Å². The molecule has 3 heterocycles. The maximum absolute atomic E-state index is 13.3. The third kappa shape index (κ3) is 3.90. The minimum atomic E-state index is 0.